The van der Waals surface area contributed by atoms with Gasteiger partial charge in [0, 0.05) is 19.5 Å². The van der Waals surface area contributed by atoms with Crippen LogP contribution < -0.4 is 10.6 Å². The number of amides is 1. The van der Waals surface area contributed by atoms with Gasteiger partial charge in [-0.05, 0) is 12.6 Å². The molecule has 1 aromatic carbocycles. The van der Waals surface area contributed by atoms with Crippen LogP contribution in [-0.4, -0.2) is 31.2 Å². The number of hydrogen-bond acceptors (Lipinski definition) is 3. The molecule has 0 heterocycles. The number of aliphatic hydroxyl groups excluding tert-OH is 1. The van der Waals surface area contributed by atoms with E-state index in [0.29, 0.717) is 13.0 Å². The van der Waals surface area contributed by atoms with Crippen molar-refractivity contribution in [1.82, 2.24) is 10.6 Å². The van der Waals surface area contributed by atoms with Gasteiger partial charge in [-0.15, -0.1) is 12.4 Å². The largest absolute Gasteiger partial charge is 0.387 e. The van der Waals surface area contributed by atoms with Crippen LogP contribution >= 0.6 is 12.4 Å². The van der Waals surface area contributed by atoms with Crippen molar-refractivity contribution in [3.8, 4) is 0 Å². The van der Waals surface area contributed by atoms with Crippen LogP contribution in [0, 0.1) is 0 Å². The molecule has 5 heteroatoms. The Labute approximate surface area is 108 Å². The summed E-state index contributed by atoms with van der Waals surface area (Å²) in [6, 6.07) is 9.29. The number of rotatable bonds is 6. The summed E-state index contributed by atoms with van der Waals surface area (Å²) in [6.45, 7) is 0.903. The lowest BCUT2D eigenvalue weighted by Crippen LogP contribution is -2.30. The smallest absolute Gasteiger partial charge is 0.221 e. The molecular weight excluding hydrogens is 240 g/mol. The molecule has 17 heavy (non-hydrogen) atoms. The van der Waals surface area contributed by atoms with Crippen molar-refractivity contribution in [1.29, 1.82) is 0 Å². The molecule has 96 valence electrons. The van der Waals surface area contributed by atoms with Gasteiger partial charge >= 0.3 is 0 Å². The third kappa shape index (κ3) is 6.26. The molecule has 3 N–H and O–H groups in total. The average Bonchev–Trinajstić information content (AvgIpc) is 2.34. The van der Waals surface area contributed by atoms with E-state index in [1.54, 1.807) is 7.05 Å². The van der Waals surface area contributed by atoms with Crippen LogP contribution in [0.2, 0.25) is 0 Å². The minimum atomic E-state index is -0.639. The van der Waals surface area contributed by atoms with Crippen LogP contribution in [0.3, 0.4) is 0 Å². The Bertz CT molecular complexity index is 320. The van der Waals surface area contributed by atoms with Crippen LogP contribution in [0.15, 0.2) is 30.3 Å². The highest BCUT2D eigenvalue weighted by Crippen LogP contribution is 2.10. The predicted octanol–water partition coefficient (Wildman–Crippen LogP) is 0.868. The molecule has 1 amide bonds. The molecule has 0 aliphatic carbocycles. The number of nitrogens with one attached hydrogen (secondary N) is 2. The Morgan fingerprint density at radius 3 is 2.59 bits per heavy atom. The van der Waals surface area contributed by atoms with Crippen molar-refractivity contribution >= 4 is 18.3 Å². The second-order valence-corrected chi connectivity index (χ2v) is 3.58. The summed E-state index contributed by atoms with van der Waals surface area (Å²) in [7, 11) is 1.80. The Morgan fingerprint density at radius 2 is 2.00 bits per heavy atom. The maximum atomic E-state index is 11.3. The minimum absolute atomic E-state index is 0. The van der Waals surface area contributed by atoms with Gasteiger partial charge in [-0.1, -0.05) is 30.3 Å². The molecule has 0 spiro atoms. The van der Waals surface area contributed by atoms with E-state index in [1.165, 1.54) is 0 Å². The second-order valence-electron chi connectivity index (χ2n) is 3.58. The molecule has 0 saturated carbocycles. The molecule has 0 aliphatic rings. The maximum Gasteiger partial charge on any atom is 0.221 e. The van der Waals surface area contributed by atoms with Gasteiger partial charge in [0.2, 0.25) is 5.91 Å². The zero-order chi connectivity index (χ0) is 11.8. The van der Waals surface area contributed by atoms with E-state index in [4.69, 9.17) is 0 Å². The molecule has 1 rings (SSSR count). The normalized spacial score (nSPS) is 11.4. The lowest BCUT2D eigenvalue weighted by molar-refractivity contribution is -0.121. The highest BCUT2D eigenvalue weighted by Gasteiger charge is 2.08. The van der Waals surface area contributed by atoms with Gasteiger partial charge in [0.1, 0.15) is 0 Å². The number of carbonyl (C=O) groups is 1. The van der Waals surface area contributed by atoms with Gasteiger partial charge in [-0.2, -0.15) is 0 Å². The lowest BCUT2D eigenvalue weighted by atomic mass is 10.1. The molecule has 1 unspecified atom stereocenters. The second kappa shape index (κ2) is 8.98. The fraction of sp³-hybridized carbons (Fsp3) is 0.417. The summed E-state index contributed by atoms with van der Waals surface area (Å²) in [5.41, 5.74) is 0.816. The van der Waals surface area contributed by atoms with Crippen molar-refractivity contribution in [2.45, 2.75) is 12.5 Å². The molecule has 1 aromatic rings. The van der Waals surface area contributed by atoms with Crippen molar-refractivity contribution in [3.05, 3.63) is 35.9 Å². The van der Waals surface area contributed by atoms with Crippen molar-refractivity contribution in [2.75, 3.05) is 20.1 Å². The molecule has 1 atom stereocenters. The molecule has 4 nitrogen and oxygen atoms in total. The lowest BCUT2D eigenvalue weighted by Gasteiger charge is -2.12. The number of benzene rings is 1. The van der Waals surface area contributed by atoms with E-state index < -0.39 is 6.10 Å². The van der Waals surface area contributed by atoms with Crippen molar-refractivity contribution in [3.63, 3.8) is 0 Å². The van der Waals surface area contributed by atoms with Crippen LogP contribution in [0.1, 0.15) is 18.1 Å². The number of halogens is 1. The first-order valence-electron chi connectivity index (χ1n) is 5.38. The van der Waals surface area contributed by atoms with Crippen LogP contribution in [0.4, 0.5) is 0 Å². The van der Waals surface area contributed by atoms with Crippen LogP contribution in [0.5, 0.6) is 0 Å². The Balaban J connectivity index is 0.00000256. The average molecular weight is 259 g/mol. The minimum Gasteiger partial charge on any atom is -0.387 e. The van der Waals surface area contributed by atoms with Crippen molar-refractivity contribution < 1.29 is 9.90 Å². The van der Waals surface area contributed by atoms with Crippen molar-refractivity contribution in [2.24, 2.45) is 0 Å². The molecule has 0 fully saturated rings. The molecule has 0 aromatic heterocycles. The van der Waals surface area contributed by atoms with E-state index in [2.05, 4.69) is 10.6 Å². The monoisotopic (exact) mass is 258 g/mol. The summed E-state index contributed by atoms with van der Waals surface area (Å²) in [5, 5.41) is 15.3. The Hall–Kier alpha value is -1.10. The number of hydrogen-bond donors (Lipinski definition) is 3. The maximum absolute atomic E-state index is 11.3. The van der Waals surface area contributed by atoms with E-state index in [1.807, 2.05) is 30.3 Å². The van der Waals surface area contributed by atoms with E-state index in [-0.39, 0.29) is 24.9 Å². The first-order chi connectivity index (χ1) is 7.74. The van der Waals surface area contributed by atoms with Gasteiger partial charge in [0.25, 0.3) is 0 Å². The molecule has 0 radical (unpaired) electrons. The first kappa shape index (κ1) is 15.9. The Morgan fingerprint density at radius 1 is 1.35 bits per heavy atom. The SMILES string of the molecule is CNCCC(=O)NCC(O)c1ccccc1.Cl. The summed E-state index contributed by atoms with van der Waals surface area (Å²) in [6.07, 6.45) is -0.211. The van der Waals surface area contributed by atoms with Gasteiger partial charge in [0.15, 0.2) is 0 Å². The zero-order valence-electron chi connectivity index (χ0n) is 9.85. The first-order valence-corrected chi connectivity index (χ1v) is 5.38. The predicted molar refractivity (Wildman–Crippen MR) is 70.2 cm³/mol. The van der Waals surface area contributed by atoms with Crippen LogP contribution in [-0.2, 0) is 4.79 Å². The van der Waals surface area contributed by atoms with E-state index >= 15 is 0 Å². The highest BCUT2D eigenvalue weighted by molar-refractivity contribution is 5.85. The number of carbonyl (C=O) groups excluding carboxylic acids is 1. The molecular formula is C12H19ClN2O2. The highest BCUT2D eigenvalue weighted by atomic mass is 35.5. The van der Waals surface area contributed by atoms with Gasteiger partial charge in [-0.3, -0.25) is 4.79 Å². The summed E-state index contributed by atoms with van der Waals surface area (Å²) in [4.78, 5) is 11.3. The van der Waals surface area contributed by atoms with E-state index in [0.717, 1.165) is 5.56 Å². The number of aliphatic hydroxyl groups is 1. The fourth-order valence-corrected chi connectivity index (χ4v) is 1.33. The standard InChI is InChI=1S/C12H18N2O2.ClH/c1-13-8-7-12(16)14-9-11(15)10-5-3-2-4-6-10;/h2-6,11,13,15H,7-9H2,1H3,(H,14,16);1H. The Kier molecular flexibility index (Phi) is 8.40. The third-order valence-electron chi connectivity index (χ3n) is 2.28. The van der Waals surface area contributed by atoms with Gasteiger partial charge < -0.3 is 15.7 Å². The van der Waals surface area contributed by atoms with Crippen LogP contribution in [0.25, 0.3) is 0 Å². The third-order valence-corrected chi connectivity index (χ3v) is 2.28. The quantitative estimate of drug-likeness (QED) is 0.710. The fourth-order valence-electron chi connectivity index (χ4n) is 1.33. The molecule has 0 bridgehead atoms. The molecule has 0 saturated heterocycles. The van der Waals surface area contributed by atoms with Gasteiger partial charge in [0.05, 0.1) is 6.10 Å². The topological polar surface area (TPSA) is 61.4 Å². The summed E-state index contributed by atoms with van der Waals surface area (Å²) >= 11 is 0. The van der Waals surface area contributed by atoms with E-state index in [9.17, 15) is 9.90 Å². The molecule has 0 aliphatic heterocycles. The van der Waals surface area contributed by atoms with Gasteiger partial charge in [-0.25, -0.2) is 0 Å². The summed E-state index contributed by atoms with van der Waals surface area (Å²) in [5.74, 6) is -0.0515. The zero-order valence-corrected chi connectivity index (χ0v) is 10.7. The summed E-state index contributed by atoms with van der Waals surface area (Å²) < 4.78 is 0.